The lowest BCUT2D eigenvalue weighted by Gasteiger charge is -2.35. The third-order valence-electron chi connectivity index (χ3n) is 4.75. The molecule has 1 fully saturated rings. The molecule has 0 spiro atoms. The van der Waals surface area contributed by atoms with E-state index in [-0.39, 0.29) is 23.5 Å². The van der Waals surface area contributed by atoms with Crippen molar-refractivity contribution in [2.45, 2.75) is 32.2 Å². The maximum absolute atomic E-state index is 12.8. The highest BCUT2D eigenvalue weighted by atomic mass is 19.4. The first kappa shape index (κ1) is 24.0. The van der Waals surface area contributed by atoms with Crippen LogP contribution in [0.3, 0.4) is 0 Å². The molecule has 0 aliphatic carbocycles. The summed E-state index contributed by atoms with van der Waals surface area (Å²) in [7, 11) is 0. The van der Waals surface area contributed by atoms with E-state index in [1.54, 1.807) is 0 Å². The fourth-order valence-electron chi connectivity index (χ4n) is 3.32. The largest absolute Gasteiger partial charge is 0.450 e. The predicted octanol–water partition coefficient (Wildman–Crippen LogP) is 4.36. The predicted molar refractivity (Wildman–Crippen MR) is 109 cm³/mol. The lowest BCUT2D eigenvalue weighted by atomic mass is 10.1. The summed E-state index contributed by atoms with van der Waals surface area (Å²) >= 11 is 0. The number of carbonyl (C=O) groups excluding carboxylic acids is 2. The van der Waals surface area contributed by atoms with Gasteiger partial charge in [-0.05, 0) is 50.2 Å². The molecule has 0 radical (unpaired) electrons. The fourth-order valence-corrected chi connectivity index (χ4v) is 3.32. The Morgan fingerprint density at radius 2 is 1.73 bits per heavy atom. The number of nitro groups is 1. The average molecular weight is 467 g/mol. The molecule has 2 unspecified atom stereocenters. The van der Waals surface area contributed by atoms with Crippen molar-refractivity contribution in [3.05, 3.63) is 63.7 Å². The molecule has 0 saturated carbocycles. The van der Waals surface area contributed by atoms with Gasteiger partial charge in [0.05, 0.1) is 22.7 Å². The molecule has 1 saturated heterocycles. The van der Waals surface area contributed by atoms with Gasteiger partial charge in [0.2, 0.25) is 5.75 Å². The second-order valence-electron chi connectivity index (χ2n) is 7.49. The van der Waals surface area contributed by atoms with E-state index in [0.717, 1.165) is 6.07 Å². The quantitative estimate of drug-likeness (QED) is 0.528. The molecule has 1 N–H and O–H groups in total. The highest BCUT2D eigenvalue weighted by Gasteiger charge is 2.33. The Bertz CT molecular complexity index is 1050. The van der Waals surface area contributed by atoms with Crippen molar-refractivity contribution in [3.63, 3.8) is 0 Å². The Labute approximate surface area is 186 Å². The van der Waals surface area contributed by atoms with Crippen molar-refractivity contribution in [1.29, 1.82) is 0 Å². The van der Waals surface area contributed by atoms with E-state index in [2.05, 4.69) is 5.32 Å². The topological polar surface area (TPSA) is 111 Å². The van der Waals surface area contributed by atoms with Gasteiger partial charge < -0.3 is 14.4 Å². The van der Waals surface area contributed by atoms with Gasteiger partial charge in [0.25, 0.3) is 5.91 Å². The van der Waals surface area contributed by atoms with E-state index in [1.165, 1.54) is 29.2 Å². The monoisotopic (exact) mass is 467 g/mol. The van der Waals surface area contributed by atoms with E-state index < -0.39 is 40.0 Å². The molecule has 3 amide bonds. The number of imide groups is 1. The van der Waals surface area contributed by atoms with Gasteiger partial charge in [0.1, 0.15) is 5.75 Å². The van der Waals surface area contributed by atoms with Gasteiger partial charge in [0, 0.05) is 24.7 Å². The summed E-state index contributed by atoms with van der Waals surface area (Å²) < 4.78 is 49.4. The molecule has 1 aliphatic heterocycles. The van der Waals surface area contributed by atoms with E-state index in [1.807, 2.05) is 13.8 Å². The van der Waals surface area contributed by atoms with Crippen molar-refractivity contribution in [3.8, 4) is 11.5 Å². The summed E-state index contributed by atoms with van der Waals surface area (Å²) in [5, 5.41) is 13.4. The molecule has 12 heteroatoms. The van der Waals surface area contributed by atoms with Crippen LogP contribution in [0.1, 0.15) is 29.8 Å². The molecule has 33 heavy (non-hydrogen) atoms. The minimum atomic E-state index is -4.74. The Morgan fingerprint density at radius 3 is 2.27 bits per heavy atom. The molecule has 2 atom stereocenters. The summed E-state index contributed by atoms with van der Waals surface area (Å²) in [6, 6.07) is 6.59. The van der Waals surface area contributed by atoms with Crippen molar-refractivity contribution in [2.24, 2.45) is 0 Å². The first-order valence-corrected chi connectivity index (χ1v) is 9.83. The minimum absolute atomic E-state index is 0.0524. The van der Waals surface area contributed by atoms with Crippen LogP contribution in [-0.4, -0.2) is 47.1 Å². The SMILES string of the molecule is CC1CN(C(=O)NC(=O)c2ccc(Oc3ccc(C(F)(F)F)cc3[N+](=O)[O-])cc2)CC(C)O1. The fraction of sp³-hybridized carbons (Fsp3) is 0.333. The molecule has 0 aromatic heterocycles. The second-order valence-corrected chi connectivity index (χ2v) is 7.49. The van der Waals surface area contributed by atoms with Gasteiger partial charge in [-0.3, -0.25) is 20.2 Å². The van der Waals surface area contributed by atoms with E-state index in [4.69, 9.17) is 9.47 Å². The number of rotatable bonds is 4. The number of amides is 3. The number of halogens is 3. The Balaban J connectivity index is 1.68. The third-order valence-corrected chi connectivity index (χ3v) is 4.75. The summed E-state index contributed by atoms with van der Waals surface area (Å²) in [6.45, 7) is 4.30. The van der Waals surface area contributed by atoms with E-state index >= 15 is 0 Å². The summed E-state index contributed by atoms with van der Waals surface area (Å²) in [4.78, 5) is 36.4. The number of benzene rings is 2. The van der Waals surface area contributed by atoms with Gasteiger partial charge in [0.15, 0.2) is 0 Å². The van der Waals surface area contributed by atoms with Gasteiger partial charge in [-0.25, -0.2) is 4.79 Å². The van der Waals surface area contributed by atoms with Crippen LogP contribution in [0.15, 0.2) is 42.5 Å². The van der Waals surface area contributed by atoms with Crippen LogP contribution in [0.5, 0.6) is 11.5 Å². The molecular weight excluding hydrogens is 447 g/mol. The van der Waals surface area contributed by atoms with Crippen LogP contribution >= 0.6 is 0 Å². The number of nitro benzene ring substituents is 1. The van der Waals surface area contributed by atoms with E-state index in [9.17, 15) is 32.9 Å². The standard InChI is InChI=1S/C21H20F3N3O6/c1-12-10-26(11-13(2)32-12)20(29)25-19(28)14-3-6-16(7-4-14)33-18-8-5-15(21(22,23)24)9-17(18)27(30)31/h3-9,12-13H,10-11H2,1-2H3,(H,25,28,29). The van der Waals surface area contributed by atoms with Crippen LogP contribution < -0.4 is 10.1 Å². The zero-order valence-corrected chi connectivity index (χ0v) is 17.6. The first-order valence-electron chi connectivity index (χ1n) is 9.83. The molecule has 2 aromatic rings. The van der Waals surface area contributed by atoms with Gasteiger partial charge >= 0.3 is 17.9 Å². The number of hydrogen-bond acceptors (Lipinski definition) is 6. The van der Waals surface area contributed by atoms with Crippen LogP contribution in [-0.2, 0) is 10.9 Å². The lowest BCUT2D eigenvalue weighted by molar-refractivity contribution is -0.385. The number of alkyl halides is 3. The molecule has 0 bridgehead atoms. The average Bonchev–Trinajstić information content (AvgIpc) is 2.72. The number of nitrogens with zero attached hydrogens (tertiary/aromatic N) is 2. The Hall–Kier alpha value is -3.67. The molecular formula is C21H20F3N3O6. The van der Waals surface area contributed by atoms with Crippen LogP contribution in [0.2, 0.25) is 0 Å². The molecule has 2 aromatic carbocycles. The highest BCUT2D eigenvalue weighted by Crippen LogP contribution is 2.37. The Morgan fingerprint density at radius 1 is 1.12 bits per heavy atom. The Kier molecular flexibility index (Phi) is 6.86. The molecule has 176 valence electrons. The van der Waals surface area contributed by atoms with Gasteiger partial charge in [-0.15, -0.1) is 0 Å². The van der Waals surface area contributed by atoms with Crippen molar-refractivity contribution < 1.29 is 37.2 Å². The molecule has 3 rings (SSSR count). The van der Waals surface area contributed by atoms with Gasteiger partial charge in [-0.2, -0.15) is 13.2 Å². The first-order chi connectivity index (χ1) is 15.4. The minimum Gasteiger partial charge on any atom is -0.450 e. The number of hydrogen-bond donors (Lipinski definition) is 1. The van der Waals surface area contributed by atoms with Crippen LogP contribution in [0.25, 0.3) is 0 Å². The normalized spacial score (nSPS) is 18.5. The van der Waals surface area contributed by atoms with E-state index in [0.29, 0.717) is 25.2 Å². The summed E-state index contributed by atoms with van der Waals surface area (Å²) in [5.41, 5.74) is -1.92. The van der Waals surface area contributed by atoms with Gasteiger partial charge in [-0.1, -0.05) is 0 Å². The number of morpholine rings is 1. The highest BCUT2D eigenvalue weighted by molar-refractivity contribution is 6.04. The maximum Gasteiger partial charge on any atom is 0.416 e. The zero-order chi connectivity index (χ0) is 24.3. The lowest BCUT2D eigenvalue weighted by Crippen LogP contribution is -2.52. The third kappa shape index (κ3) is 5.98. The number of ether oxygens (including phenoxy) is 2. The maximum atomic E-state index is 12.8. The summed E-state index contributed by atoms with van der Waals surface area (Å²) in [6.07, 6.45) is -5.08. The van der Waals surface area contributed by atoms with Crippen LogP contribution in [0, 0.1) is 10.1 Å². The summed E-state index contributed by atoms with van der Waals surface area (Å²) in [5.74, 6) is -1.01. The molecule has 9 nitrogen and oxygen atoms in total. The second kappa shape index (κ2) is 9.45. The van der Waals surface area contributed by atoms with Crippen molar-refractivity contribution >= 4 is 17.6 Å². The zero-order valence-electron chi connectivity index (χ0n) is 17.6. The van der Waals surface area contributed by atoms with Crippen LogP contribution in [0.4, 0.5) is 23.7 Å². The smallest absolute Gasteiger partial charge is 0.416 e. The number of urea groups is 1. The van der Waals surface area contributed by atoms with Crippen molar-refractivity contribution in [2.75, 3.05) is 13.1 Å². The number of carbonyl (C=O) groups is 2. The molecule has 1 aliphatic rings. The number of nitrogens with one attached hydrogen (secondary N) is 1. The molecule has 1 heterocycles. The van der Waals surface area contributed by atoms with Crippen molar-refractivity contribution in [1.82, 2.24) is 10.2 Å².